The van der Waals surface area contributed by atoms with Gasteiger partial charge in [0.05, 0.1) is 15.5 Å². The topological polar surface area (TPSA) is 87.7 Å². The summed E-state index contributed by atoms with van der Waals surface area (Å²) in [5.74, 6) is 0. The van der Waals surface area contributed by atoms with Gasteiger partial charge in [-0.2, -0.15) is 4.31 Å². The fourth-order valence-electron chi connectivity index (χ4n) is 3.05. The van der Waals surface area contributed by atoms with Gasteiger partial charge in [0.25, 0.3) is 0 Å². The van der Waals surface area contributed by atoms with Crippen molar-refractivity contribution in [3.05, 3.63) is 53.9 Å². The molecule has 0 amide bonds. The third kappa shape index (κ3) is 4.73. The van der Waals surface area contributed by atoms with E-state index in [1.165, 1.54) is 28.6 Å². The molecule has 0 N–H and O–H groups in total. The molecule has 1 aliphatic rings. The molecular weight excluding hydrogens is 386 g/mol. The normalized spacial score (nSPS) is 17.1. The summed E-state index contributed by atoms with van der Waals surface area (Å²) in [6.07, 6.45) is 1.10. The summed E-state index contributed by atoms with van der Waals surface area (Å²) >= 11 is 0. The fourth-order valence-corrected chi connectivity index (χ4v) is 5.11. The van der Waals surface area contributed by atoms with E-state index >= 15 is 0 Å². The van der Waals surface area contributed by atoms with E-state index in [4.69, 9.17) is 0 Å². The molecule has 2 heterocycles. The molecule has 146 valence electrons. The first-order valence-electron chi connectivity index (χ1n) is 8.61. The molecular formula is C18H23N3O4S2. The Morgan fingerprint density at radius 2 is 1.48 bits per heavy atom. The van der Waals surface area contributed by atoms with Crippen LogP contribution >= 0.6 is 0 Å². The molecule has 7 nitrogen and oxygen atoms in total. The predicted molar refractivity (Wildman–Crippen MR) is 103 cm³/mol. The van der Waals surface area contributed by atoms with Crippen LogP contribution in [0.1, 0.15) is 11.4 Å². The lowest BCUT2D eigenvalue weighted by Crippen LogP contribution is -2.48. The Hall–Kier alpha value is -1.81. The second-order valence-corrected chi connectivity index (χ2v) is 10.6. The van der Waals surface area contributed by atoms with E-state index in [1.54, 1.807) is 0 Å². The Kier molecular flexibility index (Phi) is 5.66. The first-order valence-corrected chi connectivity index (χ1v) is 11.9. The van der Waals surface area contributed by atoms with Crippen LogP contribution in [-0.4, -0.2) is 63.5 Å². The predicted octanol–water partition coefficient (Wildman–Crippen LogP) is 1.30. The van der Waals surface area contributed by atoms with Gasteiger partial charge >= 0.3 is 0 Å². The van der Waals surface area contributed by atoms with Crippen LogP contribution in [0.3, 0.4) is 0 Å². The Morgan fingerprint density at radius 1 is 0.889 bits per heavy atom. The Labute approximate surface area is 160 Å². The highest BCUT2D eigenvalue weighted by Gasteiger charge is 2.28. The standard InChI is InChI=1S/C18H23N3O4S2/c1-15-4-3-5-16(19-15)14-20-10-12-21(13-11-20)27(24,25)18-8-6-17(7-9-18)26(2,22)23/h3-9H,10-14H2,1-2H3. The third-order valence-corrected chi connectivity index (χ3v) is 7.59. The van der Waals surface area contributed by atoms with Crippen molar-refractivity contribution in [3.63, 3.8) is 0 Å². The van der Waals surface area contributed by atoms with Crippen LogP contribution in [0.5, 0.6) is 0 Å². The fraction of sp³-hybridized carbons (Fsp3) is 0.389. The second kappa shape index (κ2) is 7.67. The zero-order valence-electron chi connectivity index (χ0n) is 15.4. The van der Waals surface area contributed by atoms with Gasteiger partial charge in [0.1, 0.15) is 0 Å². The second-order valence-electron chi connectivity index (χ2n) is 6.69. The molecule has 0 atom stereocenters. The third-order valence-electron chi connectivity index (χ3n) is 4.55. The monoisotopic (exact) mass is 409 g/mol. The quantitative estimate of drug-likeness (QED) is 0.740. The number of benzene rings is 1. The number of hydrogen-bond donors (Lipinski definition) is 0. The highest BCUT2D eigenvalue weighted by atomic mass is 32.2. The summed E-state index contributed by atoms with van der Waals surface area (Å²) < 4.78 is 50.1. The van der Waals surface area contributed by atoms with Crippen molar-refractivity contribution < 1.29 is 16.8 Å². The van der Waals surface area contributed by atoms with Crippen molar-refractivity contribution in [2.45, 2.75) is 23.3 Å². The smallest absolute Gasteiger partial charge is 0.243 e. The number of nitrogens with zero attached hydrogens (tertiary/aromatic N) is 3. The van der Waals surface area contributed by atoms with Gasteiger partial charge in [-0.15, -0.1) is 0 Å². The van der Waals surface area contributed by atoms with Crippen LogP contribution in [-0.2, 0) is 26.4 Å². The summed E-state index contributed by atoms with van der Waals surface area (Å²) in [6.45, 7) is 4.66. The SMILES string of the molecule is Cc1cccc(CN2CCN(S(=O)(=O)c3ccc(S(C)(=O)=O)cc3)CC2)n1. The number of sulfone groups is 1. The summed E-state index contributed by atoms with van der Waals surface area (Å²) in [6, 6.07) is 11.3. The largest absolute Gasteiger partial charge is 0.295 e. The van der Waals surface area contributed by atoms with Crippen molar-refractivity contribution in [1.82, 2.24) is 14.2 Å². The van der Waals surface area contributed by atoms with Gasteiger partial charge in [0.15, 0.2) is 9.84 Å². The van der Waals surface area contributed by atoms with Crippen molar-refractivity contribution in [2.24, 2.45) is 0 Å². The van der Waals surface area contributed by atoms with E-state index in [0.29, 0.717) is 32.7 Å². The van der Waals surface area contributed by atoms with Crippen molar-refractivity contribution in [1.29, 1.82) is 0 Å². The van der Waals surface area contributed by atoms with Gasteiger partial charge in [0, 0.05) is 44.7 Å². The van der Waals surface area contributed by atoms with Crippen molar-refractivity contribution in [3.8, 4) is 0 Å². The molecule has 0 saturated carbocycles. The number of aromatic nitrogens is 1. The maximum Gasteiger partial charge on any atom is 0.243 e. The first kappa shape index (κ1) is 19.9. The summed E-state index contributed by atoms with van der Waals surface area (Å²) in [5.41, 5.74) is 1.94. The molecule has 0 unspecified atom stereocenters. The Bertz CT molecular complexity index is 1010. The zero-order valence-corrected chi connectivity index (χ0v) is 17.0. The lowest BCUT2D eigenvalue weighted by molar-refractivity contribution is 0.180. The van der Waals surface area contributed by atoms with E-state index in [2.05, 4.69) is 9.88 Å². The van der Waals surface area contributed by atoms with Crippen LogP contribution in [0, 0.1) is 6.92 Å². The van der Waals surface area contributed by atoms with E-state index in [-0.39, 0.29) is 9.79 Å². The van der Waals surface area contributed by atoms with Crippen LogP contribution in [0.4, 0.5) is 0 Å². The first-order chi connectivity index (χ1) is 12.7. The summed E-state index contributed by atoms with van der Waals surface area (Å²) in [4.78, 5) is 6.89. The minimum Gasteiger partial charge on any atom is -0.295 e. The van der Waals surface area contributed by atoms with Gasteiger partial charge < -0.3 is 0 Å². The highest BCUT2D eigenvalue weighted by Crippen LogP contribution is 2.20. The van der Waals surface area contributed by atoms with E-state index in [1.807, 2.05) is 25.1 Å². The molecule has 2 aromatic rings. The lowest BCUT2D eigenvalue weighted by atomic mass is 10.2. The molecule has 0 spiro atoms. The molecule has 0 bridgehead atoms. The van der Waals surface area contributed by atoms with Crippen LogP contribution < -0.4 is 0 Å². The molecule has 9 heteroatoms. The van der Waals surface area contributed by atoms with E-state index in [0.717, 1.165) is 17.6 Å². The average molecular weight is 410 g/mol. The molecule has 1 aliphatic heterocycles. The number of rotatable bonds is 5. The average Bonchev–Trinajstić information content (AvgIpc) is 2.62. The molecule has 1 fully saturated rings. The molecule has 0 radical (unpaired) electrons. The molecule has 0 aliphatic carbocycles. The van der Waals surface area contributed by atoms with Gasteiger partial charge in [-0.3, -0.25) is 9.88 Å². The number of aryl methyl sites for hydroxylation is 1. The van der Waals surface area contributed by atoms with Crippen LogP contribution in [0.25, 0.3) is 0 Å². The molecule has 1 aromatic carbocycles. The molecule has 1 aromatic heterocycles. The minimum absolute atomic E-state index is 0.108. The minimum atomic E-state index is -3.63. The summed E-state index contributed by atoms with van der Waals surface area (Å²) in [5, 5.41) is 0. The van der Waals surface area contributed by atoms with E-state index < -0.39 is 19.9 Å². The van der Waals surface area contributed by atoms with E-state index in [9.17, 15) is 16.8 Å². The number of hydrogen-bond acceptors (Lipinski definition) is 6. The maximum atomic E-state index is 12.8. The van der Waals surface area contributed by atoms with Gasteiger partial charge in [-0.1, -0.05) is 6.07 Å². The maximum absolute atomic E-state index is 12.8. The highest BCUT2D eigenvalue weighted by molar-refractivity contribution is 7.90. The van der Waals surface area contributed by atoms with Crippen LogP contribution in [0.15, 0.2) is 52.3 Å². The van der Waals surface area contributed by atoms with Crippen molar-refractivity contribution in [2.75, 3.05) is 32.4 Å². The number of piperazine rings is 1. The Balaban J connectivity index is 1.66. The Morgan fingerprint density at radius 3 is 2.04 bits per heavy atom. The number of pyridine rings is 1. The van der Waals surface area contributed by atoms with Gasteiger partial charge in [-0.25, -0.2) is 16.8 Å². The zero-order chi connectivity index (χ0) is 19.7. The van der Waals surface area contributed by atoms with Crippen molar-refractivity contribution >= 4 is 19.9 Å². The molecule has 27 heavy (non-hydrogen) atoms. The van der Waals surface area contributed by atoms with Gasteiger partial charge in [0.2, 0.25) is 10.0 Å². The lowest BCUT2D eigenvalue weighted by Gasteiger charge is -2.33. The molecule has 3 rings (SSSR count). The van der Waals surface area contributed by atoms with Crippen LogP contribution in [0.2, 0.25) is 0 Å². The number of sulfonamides is 1. The summed E-state index contributed by atoms with van der Waals surface area (Å²) in [7, 11) is -6.98. The molecule has 1 saturated heterocycles. The van der Waals surface area contributed by atoms with Gasteiger partial charge in [-0.05, 0) is 43.3 Å².